The summed E-state index contributed by atoms with van der Waals surface area (Å²) in [6, 6.07) is 17.5. The highest BCUT2D eigenvalue weighted by molar-refractivity contribution is 7.92. The molecule has 0 radical (unpaired) electrons. The van der Waals surface area contributed by atoms with Gasteiger partial charge in [0.1, 0.15) is 11.6 Å². The molecule has 1 aliphatic rings. The molecule has 0 aromatic heterocycles. The largest absolute Gasteiger partial charge is 0.497 e. The van der Waals surface area contributed by atoms with Gasteiger partial charge in [0.15, 0.2) is 0 Å². The number of halogens is 1. The standard InChI is InChI=1S/C23H22FN3O5S2/c1-32-20-11-9-16(10-12-20)23-15-22(17-5-3-7-19(13-17)26-33(2,28)29)25-27(23)34(30,31)21-8-4-6-18(24)14-21/h3-14,23,26H,15H2,1-2H3/t23-/m1/s1. The van der Waals surface area contributed by atoms with E-state index in [1.165, 1.54) is 25.3 Å². The minimum Gasteiger partial charge on any atom is -0.497 e. The normalized spacial score (nSPS) is 16.3. The molecule has 0 bridgehead atoms. The number of rotatable bonds is 7. The van der Waals surface area contributed by atoms with Gasteiger partial charge in [-0.1, -0.05) is 30.3 Å². The number of methoxy groups -OCH3 is 1. The SMILES string of the molecule is COc1ccc([C@H]2CC(c3cccc(NS(C)(=O)=O)c3)=NN2S(=O)(=O)c2cccc(F)c2)cc1. The van der Waals surface area contributed by atoms with Crippen molar-refractivity contribution in [3.05, 3.63) is 89.7 Å². The molecular weight excluding hydrogens is 481 g/mol. The monoisotopic (exact) mass is 503 g/mol. The Hall–Kier alpha value is -3.44. The van der Waals surface area contributed by atoms with Gasteiger partial charge in [0.25, 0.3) is 10.0 Å². The predicted molar refractivity (Wildman–Crippen MR) is 127 cm³/mol. The van der Waals surface area contributed by atoms with E-state index in [0.29, 0.717) is 28.3 Å². The summed E-state index contributed by atoms with van der Waals surface area (Å²) in [4.78, 5) is -0.219. The van der Waals surface area contributed by atoms with Crippen LogP contribution in [-0.4, -0.2) is 40.3 Å². The molecule has 4 rings (SSSR count). The number of benzene rings is 3. The molecule has 0 saturated carbocycles. The molecule has 11 heteroatoms. The first-order valence-electron chi connectivity index (χ1n) is 10.2. The van der Waals surface area contributed by atoms with E-state index in [-0.39, 0.29) is 11.3 Å². The molecule has 3 aromatic rings. The van der Waals surface area contributed by atoms with Crippen molar-refractivity contribution < 1.29 is 26.0 Å². The lowest BCUT2D eigenvalue weighted by molar-refractivity contribution is 0.370. The quantitative estimate of drug-likeness (QED) is 0.529. The first kappa shape index (κ1) is 23.7. The Morgan fingerprint density at radius 1 is 1.00 bits per heavy atom. The zero-order valence-corrected chi connectivity index (χ0v) is 20.0. The summed E-state index contributed by atoms with van der Waals surface area (Å²) < 4.78 is 72.6. The van der Waals surface area contributed by atoms with Gasteiger partial charge >= 0.3 is 0 Å². The van der Waals surface area contributed by atoms with E-state index in [1.54, 1.807) is 48.5 Å². The first-order chi connectivity index (χ1) is 16.1. The van der Waals surface area contributed by atoms with Crippen LogP contribution >= 0.6 is 0 Å². The Morgan fingerprint density at radius 3 is 2.35 bits per heavy atom. The minimum atomic E-state index is -4.19. The summed E-state index contributed by atoms with van der Waals surface area (Å²) >= 11 is 0. The Kier molecular flexibility index (Phi) is 6.32. The number of hydrogen-bond acceptors (Lipinski definition) is 6. The van der Waals surface area contributed by atoms with Crippen LogP contribution in [0, 0.1) is 5.82 Å². The van der Waals surface area contributed by atoms with E-state index in [0.717, 1.165) is 16.7 Å². The molecule has 1 aliphatic heterocycles. The van der Waals surface area contributed by atoms with Crippen molar-refractivity contribution >= 4 is 31.4 Å². The predicted octanol–water partition coefficient (Wildman–Crippen LogP) is 3.75. The topological polar surface area (TPSA) is 105 Å². The zero-order valence-electron chi connectivity index (χ0n) is 18.3. The number of anilines is 1. The molecule has 0 unspecified atom stereocenters. The molecule has 0 spiro atoms. The van der Waals surface area contributed by atoms with Crippen LogP contribution in [0.3, 0.4) is 0 Å². The molecule has 34 heavy (non-hydrogen) atoms. The molecule has 178 valence electrons. The van der Waals surface area contributed by atoms with Gasteiger partial charge in [0.2, 0.25) is 10.0 Å². The van der Waals surface area contributed by atoms with Crippen LogP contribution in [0.25, 0.3) is 0 Å². The van der Waals surface area contributed by atoms with Crippen molar-refractivity contribution in [2.45, 2.75) is 17.4 Å². The maximum atomic E-state index is 13.8. The minimum absolute atomic E-state index is 0.219. The van der Waals surface area contributed by atoms with E-state index in [4.69, 9.17) is 4.74 Å². The van der Waals surface area contributed by atoms with Crippen LogP contribution in [-0.2, 0) is 20.0 Å². The van der Waals surface area contributed by atoms with E-state index in [2.05, 4.69) is 9.82 Å². The third-order valence-corrected chi connectivity index (χ3v) is 7.50. The van der Waals surface area contributed by atoms with Crippen LogP contribution in [0.15, 0.2) is 82.8 Å². The van der Waals surface area contributed by atoms with Crippen molar-refractivity contribution in [2.75, 3.05) is 18.1 Å². The second-order valence-electron chi connectivity index (χ2n) is 7.73. The molecule has 1 heterocycles. The molecule has 1 atom stereocenters. The number of hydrazone groups is 1. The lowest BCUT2D eigenvalue weighted by Gasteiger charge is -2.23. The molecule has 8 nitrogen and oxygen atoms in total. The number of sulfonamides is 2. The van der Waals surface area contributed by atoms with Crippen LogP contribution < -0.4 is 9.46 Å². The summed E-state index contributed by atoms with van der Waals surface area (Å²) in [5, 5.41) is 4.41. The van der Waals surface area contributed by atoms with Gasteiger partial charge in [0.05, 0.1) is 30.0 Å². The first-order valence-corrected chi connectivity index (χ1v) is 13.5. The third-order valence-electron chi connectivity index (χ3n) is 5.21. The number of nitrogens with zero attached hydrogens (tertiary/aromatic N) is 2. The highest BCUT2D eigenvalue weighted by atomic mass is 32.2. The van der Waals surface area contributed by atoms with Crippen LogP contribution in [0.1, 0.15) is 23.6 Å². The van der Waals surface area contributed by atoms with Crippen LogP contribution in [0.4, 0.5) is 10.1 Å². The van der Waals surface area contributed by atoms with Crippen molar-refractivity contribution in [3.8, 4) is 5.75 Å². The van der Waals surface area contributed by atoms with E-state index < -0.39 is 31.9 Å². The highest BCUT2D eigenvalue weighted by Crippen LogP contribution is 2.38. The van der Waals surface area contributed by atoms with Gasteiger partial charge in [-0.05, 0) is 53.6 Å². The summed E-state index contributed by atoms with van der Waals surface area (Å²) in [6.45, 7) is 0. The Morgan fingerprint density at radius 2 is 1.71 bits per heavy atom. The lowest BCUT2D eigenvalue weighted by Crippen LogP contribution is -2.27. The average Bonchev–Trinajstić information content (AvgIpc) is 3.25. The second-order valence-corrected chi connectivity index (χ2v) is 11.3. The van der Waals surface area contributed by atoms with Crippen molar-refractivity contribution in [3.63, 3.8) is 0 Å². The van der Waals surface area contributed by atoms with Gasteiger partial charge in [-0.2, -0.15) is 17.9 Å². The number of hydrogen-bond donors (Lipinski definition) is 1. The summed E-state index contributed by atoms with van der Waals surface area (Å²) in [7, 11) is -6.15. The van der Waals surface area contributed by atoms with Gasteiger partial charge in [-0.25, -0.2) is 12.8 Å². The molecule has 0 fully saturated rings. The second kappa shape index (κ2) is 9.07. The number of ether oxygens (including phenoxy) is 1. The Bertz CT molecular complexity index is 1460. The fourth-order valence-corrected chi connectivity index (χ4v) is 5.69. The molecule has 1 N–H and O–H groups in total. The Labute approximate surface area is 197 Å². The highest BCUT2D eigenvalue weighted by Gasteiger charge is 2.38. The molecule has 0 aliphatic carbocycles. The Balaban J connectivity index is 1.78. The van der Waals surface area contributed by atoms with Gasteiger partial charge in [0, 0.05) is 12.1 Å². The summed E-state index contributed by atoms with van der Waals surface area (Å²) in [5.74, 6) is -0.0630. The maximum Gasteiger partial charge on any atom is 0.279 e. The zero-order chi connectivity index (χ0) is 24.5. The molecule has 0 amide bonds. The van der Waals surface area contributed by atoms with Crippen molar-refractivity contribution in [1.29, 1.82) is 0 Å². The fraction of sp³-hybridized carbons (Fsp3) is 0.174. The fourth-order valence-electron chi connectivity index (χ4n) is 3.67. The molecular formula is C23H22FN3O5S2. The smallest absolute Gasteiger partial charge is 0.279 e. The van der Waals surface area contributed by atoms with E-state index in [9.17, 15) is 21.2 Å². The van der Waals surface area contributed by atoms with Crippen molar-refractivity contribution in [2.24, 2.45) is 5.10 Å². The average molecular weight is 504 g/mol. The van der Waals surface area contributed by atoms with E-state index >= 15 is 0 Å². The van der Waals surface area contributed by atoms with Gasteiger partial charge in [-0.15, -0.1) is 0 Å². The van der Waals surface area contributed by atoms with Crippen LogP contribution in [0.5, 0.6) is 5.75 Å². The van der Waals surface area contributed by atoms with Gasteiger partial charge < -0.3 is 4.74 Å². The summed E-state index contributed by atoms with van der Waals surface area (Å²) in [6.07, 6.45) is 1.27. The lowest BCUT2D eigenvalue weighted by atomic mass is 9.99. The molecule has 3 aromatic carbocycles. The van der Waals surface area contributed by atoms with Gasteiger partial charge in [-0.3, -0.25) is 4.72 Å². The van der Waals surface area contributed by atoms with Crippen LogP contribution in [0.2, 0.25) is 0 Å². The van der Waals surface area contributed by atoms with E-state index in [1.807, 2.05) is 0 Å². The number of nitrogens with one attached hydrogen (secondary N) is 1. The maximum absolute atomic E-state index is 13.8. The summed E-state index contributed by atoms with van der Waals surface area (Å²) in [5.41, 5.74) is 2.00. The van der Waals surface area contributed by atoms with Crippen molar-refractivity contribution in [1.82, 2.24) is 4.41 Å². The molecule has 0 saturated heterocycles. The third kappa shape index (κ3) is 5.05.